The van der Waals surface area contributed by atoms with Crippen molar-refractivity contribution in [1.29, 1.82) is 0 Å². The van der Waals surface area contributed by atoms with E-state index >= 15 is 0 Å². The molecule has 1 aliphatic heterocycles. The van der Waals surface area contributed by atoms with Crippen LogP contribution < -0.4 is 16.4 Å². The second-order valence-corrected chi connectivity index (χ2v) is 6.43. The summed E-state index contributed by atoms with van der Waals surface area (Å²) in [4.78, 5) is 21.9. The van der Waals surface area contributed by atoms with Crippen LogP contribution in [-0.4, -0.2) is 34.3 Å². The molecule has 26 heavy (non-hydrogen) atoms. The van der Waals surface area contributed by atoms with Gasteiger partial charge < -0.3 is 15.1 Å². The number of nitrogens with zero attached hydrogens (tertiary/aromatic N) is 2. The average Bonchev–Trinajstić information content (AvgIpc) is 3.03. The quantitative estimate of drug-likeness (QED) is 0.517. The van der Waals surface area contributed by atoms with E-state index in [0.29, 0.717) is 17.2 Å². The molecule has 1 aliphatic rings. The fraction of sp³-hybridized carbons (Fsp3) is 0.467. The fourth-order valence-corrected chi connectivity index (χ4v) is 3.26. The number of piperidine rings is 1. The number of nitro groups is 1. The molecule has 0 bridgehead atoms. The van der Waals surface area contributed by atoms with Crippen molar-refractivity contribution in [3.8, 4) is 11.5 Å². The van der Waals surface area contributed by atoms with E-state index in [1.165, 1.54) is 6.07 Å². The highest BCUT2D eigenvalue weighted by atomic mass is 35.5. The van der Waals surface area contributed by atoms with Crippen molar-refractivity contribution in [3.63, 3.8) is 0 Å². The molecule has 1 atom stereocenters. The van der Waals surface area contributed by atoms with Gasteiger partial charge in [-0.25, -0.2) is 9.89 Å². The first kappa shape index (κ1) is 20.2. The molecule has 1 aromatic heterocycles. The minimum absolute atomic E-state index is 0. The standard InChI is InChI=1S/C15H18ClN5O4.ClH/c1-8(9-2-4-17-5-3-9)18-11-6-10(14-19-20-15(22)25-14)7-12(13(11)16)21(23)24;/h6-9,17-18H,2-5H2,1H3,(H,20,22);1H. The molecule has 0 spiro atoms. The molecule has 1 saturated heterocycles. The summed E-state index contributed by atoms with van der Waals surface area (Å²) in [5.74, 6) is -0.323. The van der Waals surface area contributed by atoms with Crippen molar-refractivity contribution in [2.75, 3.05) is 18.4 Å². The molecule has 142 valence electrons. The van der Waals surface area contributed by atoms with Gasteiger partial charge in [-0.15, -0.1) is 17.5 Å². The maximum Gasteiger partial charge on any atom is 0.434 e. The Balaban J connectivity index is 0.00000243. The first-order valence-corrected chi connectivity index (χ1v) is 8.34. The number of hydrogen-bond donors (Lipinski definition) is 3. The molecule has 1 unspecified atom stereocenters. The maximum absolute atomic E-state index is 11.3. The van der Waals surface area contributed by atoms with Gasteiger partial charge in [-0.1, -0.05) is 11.6 Å². The Kier molecular flexibility index (Phi) is 6.63. The van der Waals surface area contributed by atoms with E-state index in [1.807, 2.05) is 6.92 Å². The number of nitro benzene ring substituents is 1. The molecular formula is C15H19Cl2N5O4. The number of anilines is 1. The molecule has 9 nitrogen and oxygen atoms in total. The number of rotatable bonds is 5. The molecule has 2 heterocycles. The van der Waals surface area contributed by atoms with Gasteiger partial charge in [0.1, 0.15) is 5.02 Å². The van der Waals surface area contributed by atoms with Gasteiger partial charge in [0.05, 0.1) is 10.6 Å². The van der Waals surface area contributed by atoms with Crippen LogP contribution in [0.4, 0.5) is 11.4 Å². The Labute approximate surface area is 160 Å². The van der Waals surface area contributed by atoms with Gasteiger partial charge in [-0.05, 0) is 44.8 Å². The first-order chi connectivity index (χ1) is 12.0. The molecule has 0 aliphatic carbocycles. The van der Waals surface area contributed by atoms with Crippen LogP contribution in [0.1, 0.15) is 19.8 Å². The first-order valence-electron chi connectivity index (χ1n) is 7.96. The van der Waals surface area contributed by atoms with Gasteiger partial charge in [0.25, 0.3) is 5.69 Å². The smallest absolute Gasteiger partial charge is 0.388 e. The molecule has 11 heteroatoms. The molecule has 0 saturated carbocycles. The summed E-state index contributed by atoms with van der Waals surface area (Å²) < 4.78 is 4.90. The lowest BCUT2D eigenvalue weighted by molar-refractivity contribution is -0.384. The number of aromatic nitrogens is 2. The van der Waals surface area contributed by atoms with Gasteiger partial charge in [0.2, 0.25) is 5.89 Å². The lowest BCUT2D eigenvalue weighted by atomic mass is 9.91. The van der Waals surface area contributed by atoms with Crippen molar-refractivity contribution < 1.29 is 9.34 Å². The molecule has 3 N–H and O–H groups in total. The van der Waals surface area contributed by atoms with Gasteiger partial charge in [-0.3, -0.25) is 10.1 Å². The summed E-state index contributed by atoms with van der Waals surface area (Å²) in [5.41, 5.74) is 0.446. The maximum atomic E-state index is 11.3. The van der Waals surface area contributed by atoms with E-state index in [4.69, 9.17) is 16.0 Å². The number of halogens is 2. The summed E-state index contributed by atoms with van der Waals surface area (Å²) in [6.07, 6.45) is 2.03. The Morgan fingerprint density at radius 2 is 2.12 bits per heavy atom. The van der Waals surface area contributed by atoms with Crippen LogP contribution in [0.15, 0.2) is 21.3 Å². The van der Waals surface area contributed by atoms with Crippen molar-refractivity contribution in [2.24, 2.45) is 5.92 Å². The largest absolute Gasteiger partial charge is 0.434 e. The minimum atomic E-state index is -0.731. The molecule has 3 rings (SSSR count). The third-order valence-electron chi connectivity index (χ3n) is 4.41. The molecule has 1 fully saturated rings. The average molecular weight is 404 g/mol. The highest BCUT2D eigenvalue weighted by molar-refractivity contribution is 6.35. The second kappa shape index (κ2) is 8.52. The van der Waals surface area contributed by atoms with Crippen molar-refractivity contribution in [2.45, 2.75) is 25.8 Å². The van der Waals surface area contributed by atoms with E-state index in [0.717, 1.165) is 25.9 Å². The molecule has 0 amide bonds. The van der Waals surface area contributed by atoms with Gasteiger partial charge >= 0.3 is 5.76 Å². The Morgan fingerprint density at radius 3 is 2.69 bits per heavy atom. The van der Waals surface area contributed by atoms with Crippen LogP contribution in [-0.2, 0) is 0 Å². The van der Waals surface area contributed by atoms with Crippen molar-refractivity contribution in [1.82, 2.24) is 15.5 Å². The third-order valence-corrected chi connectivity index (χ3v) is 4.81. The zero-order chi connectivity index (χ0) is 18.0. The molecule has 2 aromatic rings. The zero-order valence-electron chi connectivity index (χ0n) is 14.0. The third kappa shape index (κ3) is 4.35. The predicted octanol–water partition coefficient (Wildman–Crippen LogP) is 2.81. The van der Waals surface area contributed by atoms with E-state index in [9.17, 15) is 14.9 Å². The van der Waals surface area contributed by atoms with E-state index < -0.39 is 10.7 Å². The number of H-pyrrole nitrogens is 1. The summed E-state index contributed by atoms with van der Waals surface area (Å²) in [6.45, 7) is 3.92. The summed E-state index contributed by atoms with van der Waals surface area (Å²) in [6, 6.07) is 2.93. The number of benzene rings is 1. The van der Waals surface area contributed by atoms with Crippen LogP contribution in [0.5, 0.6) is 0 Å². The zero-order valence-corrected chi connectivity index (χ0v) is 15.5. The Bertz CT molecular complexity index is 832. The normalized spacial score (nSPS) is 15.9. The SMILES string of the molecule is CC(Nc1cc(-c2n[nH]c(=O)o2)cc([N+](=O)[O-])c1Cl)C1CCNCC1.Cl. The fourth-order valence-electron chi connectivity index (χ4n) is 3.03. The summed E-state index contributed by atoms with van der Waals surface area (Å²) >= 11 is 6.21. The topological polar surface area (TPSA) is 126 Å². The summed E-state index contributed by atoms with van der Waals surface area (Å²) in [5, 5.41) is 23.8. The van der Waals surface area contributed by atoms with Gasteiger partial charge in [0, 0.05) is 17.7 Å². The highest BCUT2D eigenvalue weighted by Gasteiger charge is 2.24. The number of nitrogens with one attached hydrogen (secondary N) is 3. The highest BCUT2D eigenvalue weighted by Crippen LogP contribution is 2.37. The Hall–Kier alpha value is -2.10. The number of hydrogen-bond acceptors (Lipinski definition) is 7. The van der Waals surface area contributed by atoms with Gasteiger partial charge in [0.15, 0.2) is 0 Å². The van der Waals surface area contributed by atoms with E-state index in [1.54, 1.807) is 6.07 Å². The lowest BCUT2D eigenvalue weighted by Crippen LogP contribution is -2.36. The van der Waals surface area contributed by atoms with E-state index in [2.05, 4.69) is 20.8 Å². The van der Waals surface area contributed by atoms with Crippen molar-refractivity contribution >= 4 is 35.4 Å². The molecule has 1 aromatic carbocycles. The van der Waals surface area contributed by atoms with Crippen LogP contribution >= 0.6 is 24.0 Å². The molecular weight excluding hydrogens is 385 g/mol. The predicted molar refractivity (Wildman–Crippen MR) is 100 cm³/mol. The van der Waals surface area contributed by atoms with Crippen LogP contribution in [0.3, 0.4) is 0 Å². The number of aromatic amines is 1. The lowest BCUT2D eigenvalue weighted by Gasteiger charge is -2.29. The van der Waals surface area contributed by atoms with Gasteiger partial charge in [-0.2, -0.15) is 0 Å². The monoisotopic (exact) mass is 403 g/mol. The van der Waals surface area contributed by atoms with Crippen LogP contribution in [0.25, 0.3) is 11.5 Å². The van der Waals surface area contributed by atoms with Crippen LogP contribution in [0, 0.1) is 16.0 Å². The Morgan fingerprint density at radius 1 is 1.42 bits per heavy atom. The second-order valence-electron chi connectivity index (χ2n) is 6.05. The van der Waals surface area contributed by atoms with Crippen molar-refractivity contribution in [3.05, 3.63) is 37.8 Å². The van der Waals surface area contributed by atoms with E-state index in [-0.39, 0.29) is 35.0 Å². The van der Waals surface area contributed by atoms with Crippen LogP contribution in [0.2, 0.25) is 5.02 Å². The summed E-state index contributed by atoms with van der Waals surface area (Å²) in [7, 11) is 0. The molecule has 0 radical (unpaired) electrons. The minimum Gasteiger partial charge on any atom is -0.388 e.